The summed E-state index contributed by atoms with van der Waals surface area (Å²) in [7, 11) is 1.65. The van der Waals surface area contributed by atoms with Crippen molar-refractivity contribution < 1.29 is 19.1 Å². The highest BCUT2D eigenvalue weighted by Crippen LogP contribution is 2.32. The SMILES string of the molecule is C/C=C(\C=C(\C)COCc1cc(CN(Cc2ccccc2)C(=O)C2CC2)ccc1OC)NC(C)=O. The molecule has 6 heteroatoms. The zero-order valence-electron chi connectivity index (χ0n) is 21.2. The first-order valence-corrected chi connectivity index (χ1v) is 12.1. The molecule has 2 aromatic carbocycles. The number of carbonyl (C=O) groups excluding carboxylic acids is 2. The van der Waals surface area contributed by atoms with Crippen LogP contribution in [0.1, 0.15) is 50.3 Å². The van der Waals surface area contributed by atoms with Gasteiger partial charge in [-0.05, 0) is 61.6 Å². The molecule has 1 aliphatic carbocycles. The zero-order valence-corrected chi connectivity index (χ0v) is 21.2. The van der Waals surface area contributed by atoms with E-state index in [2.05, 4.69) is 23.5 Å². The van der Waals surface area contributed by atoms with Crippen molar-refractivity contribution in [2.75, 3.05) is 13.7 Å². The summed E-state index contributed by atoms with van der Waals surface area (Å²) in [5, 5.41) is 2.79. The standard InChI is InChI=1S/C29H36N2O4/c1-5-27(30-22(3)32)15-21(2)19-35-20-26-16-24(11-14-28(26)34-4)18-31(29(33)25-12-13-25)17-23-9-7-6-8-10-23/h5-11,14-16,25H,12-13,17-20H2,1-4H3,(H,30,32)/b21-15-,27-5+. The maximum Gasteiger partial charge on any atom is 0.226 e. The van der Waals surface area contributed by atoms with E-state index in [0.717, 1.165) is 46.6 Å². The first kappa shape index (κ1) is 26.2. The fraction of sp³-hybridized carbons (Fsp3) is 0.379. The number of hydrogen-bond acceptors (Lipinski definition) is 4. The van der Waals surface area contributed by atoms with Crippen LogP contribution in [-0.2, 0) is 34.0 Å². The Morgan fingerprint density at radius 1 is 1.06 bits per heavy atom. The van der Waals surface area contributed by atoms with Gasteiger partial charge in [0.1, 0.15) is 5.75 Å². The van der Waals surface area contributed by atoms with Gasteiger partial charge >= 0.3 is 0 Å². The Morgan fingerprint density at radius 2 is 1.77 bits per heavy atom. The Morgan fingerprint density at radius 3 is 2.40 bits per heavy atom. The van der Waals surface area contributed by atoms with Crippen molar-refractivity contribution in [1.82, 2.24) is 10.2 Å². The van der Waals surface area contributed by atoms with Gasteiger partial charge in [0.15, 0.2) is 0 Å². The molecule has 1 fully saturated rings. The largest absolute Gasteiger partial charge is 0.496 e. The summed E-state index contributed by atoms with van der Waals surface area (Å²) < 4.78 is 11.5. The Labute approximate surface area is 208 Å². The normalized spacial score (nSPS) is 13.9. The molecule has 0 aromatic heterocycles. The molecule has 1 saturated carbocycles. The van der Waals surface area contributed by atoms with Gasteiger partial charge < -0.3 is 19.7 Å². The molecular formula is C29H36N2O4. The maximum atomic E-state index is 13.0. The van der Waals surface area contributed by atoms with Gasteiger partial charge in [0, 0.05) is 37.2 Å². The van der Waals surface area contributed by atoms with E-state index in [1.807, 2.05) is 61.2 Å². The second kappa shape index (κ2) is 12.9. The van der Waals surface area contributed by atoms with Crippen LogP contribution in [-0.4, -0.2) is 30.4 Å². The Hall–Kier alpha value is -3.38. The van der Waals surface area contributed by atoms with Crippen LogP contribution in [0.5, 0.6) is 5.75 Å². The van der Waals surface area contributed by atoms with Gasteiger partial charge in [-0.1, -0.05) is 42.5 Å². The molecular weight excluding hydrogens is 440 g/mol. The number of amides is 2. The predicted octanol–water partition coefficient (Wildman–Crippen LogP) is 5.14. The van der Waals surface area contributed by atoms with Crippen molar-refractivity contribution >= 4 is 11.8 Å². The minimum atomic E-state index is -0.105. The number of rotatable bonds is 12. The third-order valence-corrected chi connectivity index (χ3v) is 5.79. The van der Waals surface area contributed by atoms with Crippen LogP contribution in [0, 0.1) is 5.92 Å². The van der Waals surface area contributed by atoms with E-state index in [0.29, 0.717) is 26.3 Å². The molecule has 0 aliphatic heterocycles. The van der Waals surface area contributed by atoms with Crippen LogP contribution in [0.3, 0.4) is 0 Å². The van der Waals surface area contributed by atoms with Gasteiger partial charge in [0.05, 0.1) is 20.3 Å². The van der Waals surface area contributed by atoms with Crippen molar-refractivity contribution in [2.45, 2.75) is 53.3 Å². The van der Waals surface area contributed by atoms with Gasteiger partial charge in [-0.2, -0.15) is 0 Å². The van der Waals surface area contributed by atoms with Crippen molar-refractivity contribution in [3.63, 3.8) is 0 Å². The van der Waals surface area contributed by atoms with Crippen molar-refractivity contribution in [2.24, 2.45) is 5.92 Å². The molecule has 1 N–H and O–H groups in total. The smallest absolute Gasteiger partial charge is 0.226 e. The van der Waals surface area contributed by atoms with E-state index < -0.39 is 0 Å². The second-order valence-corrected chi connectivity index (χ2v) is 9.01. The lowest BCUT2D eigenvalue weighted by Crippen LogP contribution is -2.31. The summed E-state index contributed by atoms with van der Waals surface area (Å²) in [5.41, 5.74) is 4.84. The summed E-state index contributed by atoms with van der Waals surface area (Å²) in [6, 6.07) is 16.1. The van der Waals surface area contributed by atoms with Crippen molar-refractivity contribution in [1.29, 1.82) is 0 Å². The molecule has 0 radical (unpaired) electrons. The third-order valence-electron chi connectivity index (χ3n) is 5.79. The lowest BCUT2D eigenvalue weighted by Gasteiger charge is -2.24. The number of nitrogens with zero attached hydrogens (tertiary/aromatic N) is 1. The lowest BCUT2D eigenvalue weighted by molar-refractivity contribution is -0.133. The van der Waals surface area contributed by atoms with E-state index in [1.54, 1.807) is 7.11 Å². The van der Waals surface area contributed by atoms with Crippen LogP contribution >= 0.6 is 0 Å². The first-order valence-electron chi connectivity index (χ1n) is 12.1. The number of hydrogen-bond donors (Lipinski definition) is 1. The predicted molar refractivity (Wildman–Crippen MR) is 137 cm³/mol. The van der Waals surface area contributed by atoms with Gasteiger partial charge in [0.2, 0.25) is 11.8 Å². The number of carbonyl (C=O) groups is 2. The Bertz CT molecular complexity index is 1070. The van der Waals surface area contributed by atoms with Crippen LogP contribution in [0.15, 0.2) is 72.0 Å². The summed E-state index contributed by atoms with van der Waals surface area (Å²) >= 11 is 0. The Kier molecular flexibility index (Phi) is 9.67. The summed E-state index contributed by atoms with van der Waals surface area (Å²) in [5.74, 6) is 1.04. The molecule has 0 atom stereocenters. The first-order chi connectivity index (χ1) is 16.9. The quantitative estimate of drug-likeness (QED) is 0.431. The molecule has 0 heterocycles. The van der Waals surface area contributed by atoms with Gasteiger partial charge in [-0.25, -0.2) is 0 Å². The van der Waals surface area contributed by atoms with E-state index in [4.69, 9.17) is 9.47 Å². The Balaban J connectivity index is 1.67. The summed E-state index contributed by atoms with van der Waals surface area (Å²) in [6.45, 7) is 7.27. The summed E-state index contributed by atoms with van der Waals surface area (Å²) in [6.07, 6.45) is 5.71. The highest BCUT2D eigenvalue weighted by molar-refractivity contribution is 5.81. The molecule has 3 rings (SSSR count). The molecule has 1 aliphatic rings. The van der Waals surface area contributed by atoms with E-state index in [9.17, 15) is 9.59 Å². The minimum Gasteiger partial charge on any atom is -0.496 e. The lowest BCUT2D eigenvalue weighted by atomic mass is 10.1. The highest BCUT2D eigenvalue weighted by Gasteiger charge is 2.33. The molecule has 0 unspecified atom stereocenters. The molecule has 0 bridgehead atoms. The average molecular weight is 477 g/mol. The molecule has 2 aromatic rings. The van der Waals surface area contributed by atoms with Crippen LogP contribution in [0.4, 0.5) is 0 Å². The van der Waals surface area contributed by atoms with E-state index >= 15 is 0 Å². The molecule has 2 amide bonds. The fourth-order valence-corrected chi connectivity index (χ4v) is 3.89. The number of benzene rings is 2. The molecule has 35 heavy (non-hydrogen) atoms. The molecule has 0 saturated heterocycles. The third kappa shape index (κ3) is 8.41. The van der Waals surface area contributed by atoms with E-state index in [1.165, 1.54) is 6.92 Å². The van der Waals surface area contributed by atoms with Gasteiger partial charge in [-0.3, -0.25) is 9.59 Å². The maximum absolute atomic E-state index is 13.0. The molecule has 186 valence electrons. The topological polar surface area (TPSA) is 67.9 Å². The monoisotopic (exact) mass is 476 g/mol. The summed E-state index contributed by atoms with van der Waals surface area (Å²) in [4.78, 5) is 26.2. The van der Waals surface area contributed by atoms with Crippen molar-refractivity contribution in [3.05, 3.63) is 88.6 Å². The number of ether oxygens (including phenoxy) is 2. The number of nitrogens with one attached hydrogen (secondary N) is 1. The van der Waals surface area contributed by atoms with Crippen LogP contribution < -0.4 is 10.1 Å². The van der Waals surface area contributed by atoms with Crippen LogP contribution in [0.2, 0.25) is 0 Å². The molecule has 0 spiro atoms. The van der Waals surface area contributed by atoms with E-state index in [-0.39, 0.29) is 17.7 Å². The zero-order chi connectivity index (χ0) is 25.2. The number of allylic oxidation sites excluding steroid dienone is 2. The van der Waals surface area contributed by atoms with Gasteiger partial charge in [0.25, 0.3) is 0 Å². The highest BCUT2D eigenvalue weighted by atomic mass is 16.5. The second-order valence-electron chi connectivity index (χ2n) is 9.01. The van der Waals surface area contributed by atoms with Crippen molar-refractivity contribution in [3.8, 4) is 5.75 Å². The van der Waals surface area contributed by atoms with Gasteiger partial charge in [-0.15, -0.1) is 0 Å². The average Bonchev–Trinajstić information content (AvgIpc) is 3.69. The number of methoxy groups -OCH3 is 1. The minimum absolute atomic E-state index is 0.105. The van der Waals surface area contributed by atoms with Crippen LogP contribution in [0.25, 0.3) is 0 Å². The fourth-order valence-electron chi connectivity index (χ4n) is 3.89. The molecule has 6 nitrogen and oxygen atoms in total.